The highest BCUT2D eigenvalue weighted by Crippen LogP contribution is 2.24. The molecule has 3 aromatic heterocycles. The first-order valence-corrected chi connectivity index (χ1v) is 5.69. The largest absolute Gasteiger partial charge is 0.366 e. The van der Waals surface area contributed by atoms with Crippen molar-refractivity contribution >= 4 is 22.9 Å². The van der Waals surface area contributed by atoms with Crippen LogP contribution in [0.5, 0.6) is 0 Å². The number of aromatic amines is 2. The summed E-state index contributed by atoms with van der Waals surface area (Å²) >= 11 is 0. The van der Waals surface area contributed by atoms with E-state index in [4.69, 9.17) is 5.73 Å². The Kier molecular flexibility index (Phi) is 2.60. The molecule has 0 radical (unpaired) electrons. The van der Waals surface area contributed by atoms with Crippen LogP contribution in [-0.2, 0) is 4.79 Å². The number of pyridine rings is 1. The molecule has 6 nitrogen and oxygen atoms in total. The SMILES string of the molecule is NC(=O)C=Cc1ccnc(-c2n[nH]c3c[nH]cc23)c1. The van der Waals surface area contributed by atoms with Crippen LogP contribution in [-0.4, -0.2) is 26.1 Å². The Labute approximate surface area is 108 Å². The summed E-state index contributed by atoms with van der Waals surface area (Å²) in [7, 11) is 0. The lowest BCUT2D eigenvalue weighted by Gasteiger charge is -1.98. The molecule has 0 bridgehead atoms. The molecular formula is C13H11N5O. The fraction of sp³-hybridized carbons (Fsp3) is 0. The number of primary amides is 1. The Hall–Kier alpha value is -2.89. The van der Waals surface area contributed by atoms with Gasteiger partial charge in [0.15, 0.2) is 0 Å². The van der Waals surface area contributed by atoms with Crippen molar-refractivity contribution in [3.8, 4) is 11.4 Å². The monoisotopic (exact) mass is 253 g/mol. The van der Waals surface area contributed by atoms with Crippen LogP contribution >= 0.6 is 0 Å². The highest BCUT2D eigenvalue weighted by atomic mass is 16.1. The second kappa shape index (κ2) is 4.41. The summed E-state index contributed by atoms with van der Waals surface area (Å²) in [4.78, 5) is 18.0. The second-order valence-electron chi connectivity index (χ2n) is 4.07. The number of hydrogen-bond donors (Lipinski definition) is 3. The van der Waals surface area contributed by atoms with E-state index in [1.807, 2.05) is 18.5 Å². The van der Waals surface area contributed by atoms with Gasteiger partial charge in [0.25, 0.3) is 0 Å². The molecule has 0 aromatic carbocycles. The third-order valence-corrected chi connectivity index (χ3v) is 2.76. The molecule has 1 amide bonds. The number of carbonyl (C=O) groups is 1. The topological polar surface area (TPSA) is 100 Å². The molecule has 19 heavy (non-hydrogen) atoms. The molecule has 0 fully saturated rings. The van der Waals surface area contributed by atoms with Crippen LogP contribution in [0, 0.1) is 0 Å². The van der Waals surface area contributed by atoms with Gasteiger partial charge in [-0.05, 0) is 23.8 Å². The minimum Gasteiger partial charge on any atom is -0.366 e. The number of nitrogens with two attached hydrogens (primary N) is 1. The van der Waals surface area contributed by atoms with Gasteiger partial charge in [0.05, 0.1) is 11.2 Å². The summed E-state index contributed by atoms with van der Waals surface area (Å²) in [5.74, 6) is -0.480. The van der Waals surface area contributed by atoms with Crippen LogP contribution in [0.1, 0.15) is 5.56 Å². The highest BCUT2D eigenvalue weighted by Gasteiger charge is 2.09. The van der Waals surface area contributed by atoms with Crippen LogP contribution < -0.4 is 5.73 Å². The number of nitrogens with one attached hydrogen (secondary N) is 2. The molecule has 0 aliphatic carbocycles. The number of amides is 1. The minimum atomic E-state index is -0.480. The Balaban J connectivity index is 2.04. The third-order valence-electron chi connectivity index (χ3n) is 2.76. The molecule has 3 heterocycles. The Morgan fingerprint density at radius 1 is 1.37 bits per heavy atom. The average molecular weight is 253 g/mol. The zero-order chi connectivity index (χ0) is 13.2. The van der Waals surface area contributed by atoms with E-state index in [1.165, 1.54) is 6.08 Å². The molecule has 94 valence electrons. The van der Waals surface area contributed by atoms with Gasteiger partial charge in [-0.2, -0.15) is 5.10 Å². The van der Waals surface area contributed by atoms with Gasteiger partial charge in [-0.1, -0.05) is 0 Å². The van der Waals surface area contributed by atoms with E-state index in [2.05, 4.69) is 20.2 Å². The maximum atomic E-state index is 10.7. The lowest BCUT2D eigenvalue weighted by atomic mass is 10.1. The van der Waals surface area contributed by atoms with Crippen molar-refractivity contribution in [3.05, 3.63) is 42.4 Å². The highest BCUT2D eigenvalue weighted by molar-refractivity contribution is 5.92. The van der Waals surface area contributed by atoms with Crippen LogP contribution in [0.25, 0.3) is 28.4 Å². The summed E-state index contributed by atoms with van der Waals surface area (Å²) in [5.41, 5.74) is 8.34. The van der Waals surface area contributed by atoms with Crippen LogP contribution in [0.4, 0.5) is 0 Å². The molecule has 3 aromatic rings. The van der Waals surface area contributed by atoms with Gasteiger partial charge in [0.2, 0.25) is 5.91 Å². The number of aromatic nitrogens is 4. The van der Waals surface area contributed by atoms with Crippen molar-refractivity contribution in [3.63, 3.8) is 0 Å². The molecule has 0 saturated carbocycles. The van der Waals surface area contributed by atoms with Crippen molar-refractivity contribution < 1.29 is 4.79 Å². The minimum absolute atomic E-state index is 0.480. The molecule has 6 heteroatoms. The molecular weight excluding hydrogens is 242 g/mol. The maximum absolute atomic E-state index is 10.7. The van der Waals surface area contributed by atoms with Gasteiger partial charge >= 0.3 is 0 Å². The molecule has 0 aliphatic rings. The maximum Gasteiger partial charge on any atom is 0.241 e. The summed E-state index contributed by atoms with van der Waals surface area (Å²) in [5, 5.41) is 8.14. The van der Waals surface area contributed by atoms with Crippen LogP contribution in [0.2, 0.25) is 0 Å². The lowest BCUT2D eigenvalue weighted by molar-refractivity contribution is -0.113. The van der Waals surface area contributed by atoms with E-state index in [1.54, 1.807) is 18.3 Å². The Bertz CT molecular complexity index is 768. The molecule has 0 aliphatic heterocycles. The van der Waals surface area contributed by atoms with Crippen molar-refractivity contribution in [2.75, 3.05) is 0 Å². The zero-order valence-corrected chi connectivity index (χ0v) is 9.92. The first-order chi connectivity index (χ1) is 9.24. The predicted molar refractivity (Wildman–Crippen MR) is 71.9 cm³/mol. The van der Waals surface area contributed by atoms with E-state index in [0.29, 0.717) is 0 Å². The normalized spacial score (nSPS) is 11.4. The lowest BCUT2D eigenvalue weighted by Crippen LogP contribution is -2.05. The summed E-state index contributed by atoms with van der Waals surface area (Å²) in [6.07, 6.45) is 8.33. The van der Waals surface area contributed by atoms with E-state index in [9.17, 15) is 4.79 Å². The Morgan fingerprint density at radius 2 is 2.26 bits per heavy atom. The third kappa shape index (κ3) is 2.11. The van der Waals surface area contributed by atoms with Crippen molar-refractivity contribution in [2.24, 2.45) is 5.73 Å². The van der Waals surface area contributed by atoms with E-state index < -0.39 is 5.91 Å². The number of hydrogen-bond acceptors (Lipinski definition) is 3. The molecule has 0 unspecified atom stereocenters. The number of rotatable bonds is 3. The number of nitrogens with zero attached hydrogens (tertiary/aromatic N) is 2. The fourth-order valence-electron chi connectivity index (χ4n) is 1.88. The van der Waals surface area contributed by atoms with E-state index >= 15 is 0 Å². The van der Waals surface area contributed by atoms with Gasteiger partial charge in [-0.15, -0.1) is 0 Å². The summed E-state index contributed by atoms with van der Waals surface area (Å²) in [6.45, 7) is 0. The second-order valence-corrected chi connectivity index (χ2v) is 4.07. The number of carbonyl (C=O) groups excluding carboxylic acids is 1. The van der Waals surface area contributed by atoms with Crippen LogP contribution in [0.15, 0.2) is 36.8 Å². The molecule has 3 rings (SSSR count). The molecule has 0 atom stereocenters. The smallest absolute Gasteiger partial charge is 0.241 e. The van der Waals surface area contributed by atoms with Crippen molar-refractivity contribution in [1.82, 2.24) is 20.2 Å². The van der Waals surface area contributed by atoms with E-state index in [-0.39, 0.29) is 0 Å². The molecule has 0 spiro atoms. The van der Waals surface area contributed by atoms with Gasteiger partial charge < -0.3 is 10.7 Å². The van der Waals surface area contributed by atoms with Gasteiger partial charge in [0.1, 0.15) is 5.69 Å². The van der Waals surface area contributed by atoms with Crippen LogP contribution in [0.3, 0.4) is 0 Å². The Morgan fingerprint density at radius 3 is 3.11 bits per heavy atom. The first-order valence-electron chi connectivity index (χ1n) is 5.69. The van der Waals surface area contributed by atoms with Crippen molar-refractivity contribution in [1.29, 1.82) is 0 Å². The zero-order valence-electron chi connectivity index (χ0n) is 9.92. The quantitative estimate of drug-likeness (QED) is 0.616. The van der Waals surface area contributed by atoms with E-state index in [0.717, 1.165) is 27.9 Å². The van der Waals surface area contributed by atoms with Gasteiger partial charge in [-0.3, -0.25) is 14.9 Å². The number of H-pyrrole nitrogens is 2. The molecule has 4 N–H and O–H groups in total. The van der Waals surface area contributed by atoms with Crippen molar-refractivity contribution in [2.45, 2.75) is 0 Å². The summed E-state index contributed by atoms with van der Waals surface area (Å²) in [6, 6.07) is 3.64. The average Bonchev–Trinajstić information content (AvgIpc) is 2.99. The fourth-order valence-corrected chi connectivity index (χ4v) is 1.88. The molecule has 0 saturated heterocycles. The predicted octanol–water partition coefficient (Wildman–Crippen LogP) is 1.45. The summed E-state index contributed by atoms with van der Waals surface area (Å²) < 4.78 is 0. The standard InChI is InChI=1S/C13H11N5O/c14-12(19)2-1-8-3-4-16-10(5-8)13-9-6-15-7-11(9)17-18-13/h1-7,15,17H,(H2,14,19). The van der Waals surface area contributed by atoms with Gasteiger partial charge in [-0.25, -0.2) is 0 Å². The number of fused-ring (bicyclic) bond motifs is 1. The van der Waals surface area contributed by atoms with Gasteiger partial charge in [0, 0.05) is 30.1 Å². The first kappa shape index (κ1) is 11.2.